The van der Waals surface area contributed by atoms with Crippen molar-refractivity contribution in [2.45, 2.75) is 85.4 Å². The number of anilines is 1. The molecule has 2 N–H and O–H groups in total. The maximum atomic E-state index is 15.6. The van der Waals surface area contributed by atoms with Crippen LogP contribution in [0.25, 0.3) is 33.5 Å². The lowest BCUT2D eigenvalue weighted by atomic mass is 9.91. The number of halogens is 1. The van der Waals surface area contributed by atoms with E-state index in [2.05, 4.69) is 40.6 Å². The third-order valence-corrected chi connectivity index (χ3v) is 18.0. The Morgan fingerprint density at radius 2 is 1.69 bits per heavy atom. The highest BCUT2D eigenvalue weighted by Crippen LogP contribution is 2.50. The highest BCUT2D eigenvalue weighted by atomic mass is 31.2. The van der Waals surface area contributed by atoms with Gasteiger partial charge in [0.05, 0.1) is 30.0 Å². The van der Waals surface area contributed by atoms with Crippen LogP contribution in [-0.4, -0.2) is 83.6 Å². The Bertz CT molecular complexity index is 3210. The zero-order valence-corrected chi connectivity index (χ0v) is 39.9. The molecule has 1 saturated carbocycles. The van der Waals surface area contributed by atoms with Crippen molar-refractivity contribution in [2.75, 3.05) is 44.4 Å². The number of carbonyl (C=O) groups is 1. The first-order valence-electron chi connectivity index (χ1n) is 23.4. The first-order valence-corrected chi connectivity index (χ1v) is 25.5. The SMILES string of the molecule is CCP(=O)(CC)c1ccc(-n2ccn(-c3c(-c4cc(C)c(F)c(C)c4)nn4c3C(C)N(C(=O)c3cc5cc(C6CCOCC6)ccc5n3C(c3noc(=O)[nH]3)C3C[C@@H]3C)CC4)c2=O)cc1NC. The van der Waals surface area contributed by atoms with Crippen molar-refractivity contribution in [3.63, 3.8) is 0 Å². The molecule has 0 radical (unpaired) electrons. The average molecular weight is 930 g/mol. The Morgan fingerprint density at radius 1 is 0.970 bits per heavy atom. The number of hydrogen-bond donors (Lipinski definition) is 2. The molecule has 2 fully saturated rings. The average Bonchev–Trinajstić information content (AvgIpc) is 3.74. The molecular weight excluding hydrogens is 873 g/mol. The molecule has 15 nitrogen and oxygen atoms in total. The van der Waals surface area contributed by atoms with Gasteiger partial charge in [-0.2, -0.15) is 5.10 Å². The number of aromatic amines is 1. The first-order chi connectivity index (χ1) is 32.2. The van der Waals surface area contributed by atoms with Gasteiger partial charge in [-0.25, -0.2) is 14.0 Å². The van der Waals surface area contributed by atoms with Gasteiger partial charge in [-0.1, -0.05) is 32.0 Å². The van der Waals surface area contributed by atoms with Gasteiger partial charge >= 0.3 is 11.4 Å². The minimum Gasteiger partial charge on any atom is -0.387 e. The fourth-order valence-electron chi connectivity index (χ4n) is 10.7. The van der Waals surface area contributed by atoms with Crippen molar-refractivity contribution in [1.82, 2.24) is 38.5 Å². The van der Waals surface area contributed by atoms with Crippen LogP contribution in [0, 0.1) is 31.5 Å². The molecule has 1 amide bonds. The summed E-state index contributed by atoms with van der Waals surface area (Å²) in [6.07, 6.45) is 7.15. The first kappa shape index (κ1) is 44.6. The molecule has 17 heteroatoms. The van der Waals surface area contributed by atoms with Crippen LogP contribution in [0.4, 0.5) is 10.1 Å². The summed E-state index contributed by atoms with van der Waals surface area (Å²) in [4.78, 5) is 47.6. The number of H-pyrrole nitrogens is 1. The van der Waals surface area contributed by atoms with Crippen LogP contribution in [0.5, 0.6) is 0 Å². The van der Waals surface area contributed by atoms with E-state index in [9.17, 15) is 14.2 Å². The number of imidazole rings is 1. The van der Waals surface area contributed by atoms with Crippen molar-refractivity contribution in [1.29, 1.82) is 0 Å². The quantitative estimate of drug-likeness (QED) is 0.115. The van der Waals surface area contributed by atoms with Gasteiger partial charge in [-0.05, 0) is 123 Å². The second kappa shape index (κ2) is 17.1. The zero-order valence-electron chi connectivity index (χ0n) is 39.0. The van der Waals surface area contributed by atoms with Crippen LogP contribution in [0.1, 0.15) is 104 Å². The summed E-state index contributed by atoms with van der Waals surface area (Å²) in [5.74, 6) is -0.0898. The highest BCUT2D eigenvalue weighted by molar-refractivity contribution is 7.71. The topological polar surface area (TPSA) is 167 Å². The van der Waals surface area contributed by atoms with E-state index in [1.165, 1.54) is 5.56 Å². The Kier molecular flexibility index (Phi) is 11.4. The Balaban J connectivity index is 1.11. The van der Waals surface area contributed by atoms with Gasteiger partial charge in [0.15, 0.2) is 5.82 Å². The maximum absolute atomic E-state index is 15.6. The lowest BCUT2D eigenvalue weighted by Crippen LogP contribution is -2.42. The van der Waals surface area contributed by atoms with Crippen LogP contribution >= 0.6 is 7.14 Å². The summed E-state index contributed by atoms with van der Waals surface area (Å²) < 4.78 is 46.8. The third kappa shape index (κ3) is 7.52. The summed E-state index contributed by atoms with van der Waals surface area (Å²) in [5.41, 5.74) is 6.51. The van der Waals surface area contributed by atoms with E-state index in [-0.39, 0.29) is 23.3 Å². The van der Waals surface area contributed by atoms with Crippen LogP contribution in [-0.2, 0) is 15.8 Å². The van der Waals surface area contributed by atoms with E-state index in [1.54, 1.807) is 54.6 Å². The molecule has 6 heterocycles. The molecule has 4 aromatic heterocycles. The van der Waals surface area contributed by atoms with Gasteiger partial charge in [0.2, 0.25) is 0 Å². The van der Waals surface area contributed by atoms with E-state index < -0.39 is 25.0 Å². The smallest absolute Gasteiger partial charge is 0.387 e. The van der Waals surface area contributed by atoms with Crippen molar-refractivity contribution in [3.8, 4) is 22.6 Å². The molecule has 4 atom stereocenters. The van der Waals surface area contributed by atoms with E-state index in [4.69, 9.17) is 14.4 Å². The summed E-state index contributed by atoms with van der Waals surface area (Å²) in [7, 11) is -0.870. The largest absolute Gasteiger partial charge is 0.438 e. The molecule has 1 saturated heterocycles. The number of nitrogens with zero attached hydrogens (tertiary/aromatic N) is 7. The summed E-state index contributed by atoms with van der Waals surface area (Å²) in [5, 5.41) is 14.2. The molecule has 1 aliphatic carbocycles. The highest BCUT2D eigenvalue weighted by Gasteiger charge is 2.46. The molecule has 350 valence electrons. The van der Waals surface area contributed by atoms with Crippen molar-refractivity contribution < 1.29 is 23.0 Å². The Hall–Kier alpha value is -6.25. The molecule has 7 aromatic rings. The van der Waals surface area contributed by atoms with Gasteiger partial charge in [0.25, 0.3) is 5.91 Å². The molecular formula is C50H57FN9O6P. The molecule has 3 aromatic carbocycles. The molecule has 2 aliphatic heterocycles. The van der Waals surface area contributed by atoms with E-state index in [0.717, 1.165) is 35.5 Å². The number of ether oxygens (including phenoxy) is 1. The predicted molar refractivity (Wildman–Crippen MR) is 257 cm³/mol. The lowest BCUT2D eigenvalue weighted by Gasteiger charge is -2.35. The van der Waals surface area contributed by atoms with E-state index in [0.29, 0.717) is 107 Å². The number of nitrogens with one attached hydrogen (secondary N) is 2. The van der Waals surface area contributed by atoms with E-state index >= 15 is 9.18 Å². The number of hydrogen-bond acceptors (Lipinski definition) is 9. The van der Waals surface area contributed by atoms with Gasteiger partial charge in [0, 0.05) is 79.0 Å². The van der Waals surface area contributed by atoms with Crippen LogP contribution in [0.3, 0.4) is 0 Å². The minimum absolute atomic E-state index is 0.0918. The standard InChI is InChI=1S/C50H57FN9O6P/c1-8-67(64,9-2)41-13-11-36(27-38(41)52-7)57-16-17-58(50(57)63)46-43(35-22-29(4)42(51)30(5)23-35)54-59-19-18-56(31(6)44(46)59)48(61)40-26-34-25-33(32-14-20-65-21-15-32)10-12-39(34)60(40)45(37-24-28(37)3)47-53-49(62)66-55-47/h10-13,16-17,22-23,25-28,31-32,37,45,52H,8-9,14-15,18-21,24H2,1-7H3,(H,53,55,62)/t28-,31?,37?,45?/m0/s1. The number of aromatic nitrogens is 7. The normalized spacial score (nSPS) is 19.2. The Morgan fingerprint density at radius 3 is 2.34 bits per heavy atom. The van der Waals surface area contributed by atoms with Crippen LogP contribution in [0.15, 0.2) is 81.1 Å². The van der Waals surface area contributed by atoms with E-state index in [1.807, 2.05) is 59.2 Å². The monoisotopic (exact) mass is 929 g/mol. The summed E-state index contributed by atoms with van der Waals surface area (Å²) in [6, 6.07) is 16.3. The molecule has 0 bridgehead atoms. The number of amides is 1. The van der Waals surface area contributed by atoms with Crippen molar-refractivity contribution in [2.24, 2.45) is 11.8 Å². The number of aryl methyl sites for hydroxylation is 2. The molecule has 0 spiro atoms. The van der Waals surface area contributed by atoms with Crippen LogP contribution < -0.4 is 22.1 Å². The van der Waals surface area contributed by atoms with Gasteiger partial charge in [0.1, 0.15) is 30.0 Å². The van der Waals surface area contributed by atoms with Gasteiger partial charge in [-0.15, -0.1) is 0 Å². The second-order valence-corrected chi connectivity index (χ2v) is 22.1. The van der Waals surface area contributed by atoms with Crippen molar-refractivity contribution >= 4 is 34.9 Å². The second-order valence-electron chi connectivity index (χ2n) is 18.6. The maximum Gasteiger partial charge on any atom is 0.438 e. The molecule has 3 unspecified atom stereocenters. The van der Waals surface area contributed by atoms with Gasteiger partial charge < -0.3 is 24.1 Å². The number of fused-ring (bicyclic) bond motifs is 2. The molecule has 10 rings (SSSR count). The fourth-order valence-corrected chi connectivity index (χ4v) is 12.8. The van der Waals surface area contributed by atoms with Gasteiger partial charge in [-0.3, -0.25) is 28.1 Å². The minimum atomic E-state index is -2.65. The Labute approximate surface area is 387 Å². The number of benzene rings is 3. The lowest BCUT2D eigenvalue weighted by molar-refractivity contribution is 0.0623. The van der Waals surface area contributed by atoms with Crippen LogP contribution in [0.2, 0.25) is 0 Å². The fraction of sp³-hybridized carbons (Fsp3) is 0.420. The zero-order chi connectivity index (χ0) is 47.1. The molecule has 67 heavy (non-hydrogen) atoms. The molecule has 3 aliphatic rings. The predicted octanol–water partition coefficient (Wildman–Crippen LogP) is 8.30. The summed E-state index contributed by atoms with van der Waals surface area (Å²) >= 11 is 0. The number of carbonyl (C=O) groups excluding carboxylic acids is 1. The number of rotatable bonds is 12. The third-order valence-electron chi connectivity index (χ3n) is 14.7. The van der Waals surface area contributed by atoms with Crippen molar-refractivity contribution in [3.05, 3.63) is 128 Å². The summed E-state index contributed by atoms with van der Waals surface area (Å²) in [6.45, 7) is 13.4.